The monoisotopic (exact) mass is 526 g/mol. The number of carboxylic acids is 1. The number of fused-ring (bicyclic) bond motifs is 1. The number of carboxylic acid groups (broad SMARTS) is 1. The fraction of sp³-hybridized carbons (Fsp3) is 0.464. The number of urea groups is 1. The summed E-state index contributed by atoms with van der Waals surface area (Å²) in [4.78, 5) is 40.9. The number of carbonyl (C=O) groups excluding carboxylic acids is 2. The number of benzene rings is 2. The molecule has 0 saturated heterocycles. The summed E-state index contributed by atoms with van der Waals surface area (Å²) >= 11 is 0. The van der Waals surface area contributed by atoms with E-state index < -0.39 is 18.0 Å². The van der Waals surface area contributed by atoms with E-state index in [0.29, 0.717) is 36.6 Å². The second kappa shape index (κ2) is 12.7. The van der Waals surface area contributed by atoms with Gasteiger partial charge in [-0.05, 0) is 57.6 Å². The van der Waals surface area contributed by atoms with E-state index in [1.165, 1.54) is 0 Å². The summed E-state index contributed by atoms with van der Waals surface area (Å²) in [5.41, 5.74) is 1.89. The first-order chi connectivity index (χ1) is 18.0. The molecule has 206 valence electrons. The molecule has 0 radical (unpaired) electrons. The van der Waals surface area contributed by atoms with Gasteiger partial charge >= 0.3 is 12.0 Å². The topological polar surface area (TPSA) is 131 Å². The van der Waals surface area contributed by atoms with Gasteiger partial charge in [0, 0.05) is 31.6 Å². The predicted octanol–water partition coefficient (Wildman–Crippen LogP) is 3.27. The molecule has 0 aliphatic carbocycles. The molecule has 0 unspecified atom stereocenters. The lowest BCUT2D eigenvalue weighted by Crippen LogP contribution is -2.49. The molecule has 4 N–H and O–H groups in total. The zero-order valence-electron chi connectivity index (χ0n) is 22.6. The fourth-order valence-electron chi connectivity index (χ4n) is 4.42. The van der Waals surface area contributed by atoms with Crippen LogP contribution in [0.5, 0.6) is 5.75 Å². The minimum atomic E-state index is -0.969. The third-order valence-corrected chi connectivity index (χ3v) is 6.50. The number of nitrogens with one attached hydrogen (secondary N) is 2. The van der Waals surface area contributed by atoms with Crippen molar-refractivity contribution in [2.45, 2.75) is 52.4 Å². The second-order valence-corrected chi connectivity index (χ2v) is 10.3. The molecule has 38 heavy (non-hydrogen) atoms. The van der Waals surface area contributed by atoms with E-state index in [-0.39, 0.29) is 36.1 Å². The Morgan fingerprint density at radius 1 is 1.16 bits per heavy atom. The summed E-state index contributed by atoms with van der Waals surface area (Å²) < 4.78 is 6.51. The maximum Gasteiger partial charge on any atom is 0.335 e. The lowest BCUT2D eigenvalue weighted by molar-refractivity contribution is 0.0343. The Kier molecular flexibility index (Phi) is 9.71. The van der Waals surface area contributed by atoms with Gasteiger partial charge in [0.2, 0.25) is 0 Å². The number of ether oxygens (including phenoxy) is 1. The Hall–Kier alpha value is -3.63. The van der Waals surface area contributed by atoms with E-state index >= 15 is 0 Å². The molecule has 0 saturated carbocycles. The Bertz CT molecular complexity index is 1140. The molecule has 1 heterocycles. The van der Waals surface area contributed by atoms with Gasteiger partial charge in [-0.25, -0.2) is 9.59 Å². The summed E-state index contributed by atoms with van der Waals surface area (Å²) in [6, 6.07) is 10.9. The van der Waals surface area contributed by atoms with Crippen LogP contribution in [0.3, 0.4) is 0 Å². The highest BCUT2D eigenvalue weighted by molar-refractivity contribution is 6.01. The maximum absolute atomic E-state index is 13.6. The number of anilines is 1. The van der Waals surface area contributed by atoms with Crippen molar-refractivity contribution < 1.29 is 29.3 Å². The van der Waals surface area contributed by atoms with Gasteiger partial charge in [0.1, 0.15) is 6.10 Å². The first-order valence-electron chi connectivity index (χ1n) is 12.8. The fourth-order valence-corrected chi connectivity index (χ4v) is 4.42. The number of aliphatic hydroxyl groups is 1. The largest absolute Gasteiger partial charge is 0.486 e. The first kappa shape index (κ1) is 28.9. The number of nitrogens with zero attached hydrogens (tertiary/aromatic N) is 2. The van der Waals surface area contributed by atoms with Crippen LogP contribution in [0.1, 0.15) is 54.0 Å². The molecule has 3 atom stereocenters. The van der Waals surface area contributed by atoms with Crippen molar-refractivity contribution in [3.05, 3.63) is 59.2 Å². The normalized spacial score (nSPS) is 18.3. The number of para-hydroxylation sites is 1. The number of hydrogen-bond donors (Lipinski definition) is 4. The van der Waals surface area contributed by atoms with Gasteiger partial charge in [0.05, 0.1) is 29.5 Å². The van der Waals surface area contributed by atoms with Crippen LogP contribution < -0.4 is 15.4 Å². The lowest BCUT2D eigenvalue weighted by Gasteiger charge is -2.38. The second-order valence-electron chi connectivity index (χ2n) is 10.3. The number of likely N-dealkylation sites (N-methyl/N-ethyl adjacent to an activating group) is 1. The number of aliphatic hydroxyl groups excluding tert-OH is 1. The lowest BCUT2D eigenvalue weighted by atomic mass is 9.98. The van der Waals surface area contributed by atoms with Crippen LogP contribution in [0.25, 0.3) is 0 Å². The molecule has 10 heteroatoms. The van der Waals surface area contributed by atoms with Crippen molar-refractivity contribution in [2.75, 3.05) is 32.1 Å². The van der Waals surface area contributed by atoms with E-state index in [4.69, 9.17) is 9.84 Å². The molecule has 0 aromatic heterocycles. The summed E-state index contributed by atoms with van der Waals surface area (Å²) in [6.45, 7) is 8.77. The third-order valence-electron chi connectivity index (χ3n) is 6.50. The number of hydrogen-bond acceptors (Lipinski definition) is 6. The highest BCUT2D eigenvalue weighted by atomic mass is 16.5. The van der Waals surface area contributed by atoms with Gasteiger partial charge in [-0.1, -0.05) is 25.1 Å². The summed E-state index contributed by atoms with van der Waals surface area (Å²) in [5.74, 6) is -1.05. The van der Waals surface area contributed by atoms with Gasteiger partial charge in [-0.15, -0.1) is 0 Å². The van der Waals surface area contributed by atoms with Crippen molar-refractivity contribution in [1.82, 2.24) is 15.1 Å². The van der Waals surface area contributed by atoms with Gasteiger partial charge in [-0.2, -0.15) is 0 Å². The van der Waals surface area contributed by atoms with Gasteiger partial charge in [-0.3, -0.25) is 9.69 Å². The molecule has 1 aliphatic heterocycles. The number of rotatable bonds is 9. The summed E-state index contributed by atoms with van der Waals surface area (Å²) in [5, 5.41) is 24.6. The Balaban J connectivity index is 1.91. The first-order valence-corrected chi connectivity index (χ1v) is 12.8. The molecule has 2 aromatic rings. The third kappa shape index (κ3) is 7.23. The van der Waals surface area contributed by atoms with Gasteiger partial charge < -0.3 is 30.5 Å². The molecule has 1 aliphatic rings. The smallest absolute Gasteiger partial charge is 0.335 e. The average molecular weight is 527 g/mol. The summed E-state index contributed by atoms with van der Waals surface area (Å²) in [6.07, 6.45) is -0.352. The van der Waals surface area contributed by atoms with E-state index in [9.17, 15) is 19.5 Å². The Morgan fingerprint density at radius 2 is 1.84 bits per heavy atom. The zero-order chi connectivity index (χ0) is 28.0. The molecule has 3 amide bonds. The van der Waals surface area contributed by atoms with Crippen LogP contribution in [0.4, 0.5) is 10.5 Å². The minimum absolute atomic E-state index is 0.0741. The molecule has 3 rings (SSSR count). The van der Waals surface area contributed by atoms with E-state index in [0.717, 1.165) is 5.56 Å². The van der Waals surface area contributed by atoms with E-state index in [2.05, 4.69) is 15.5 Å². The number of amides is 3. The van der Waals surface area contributed by atoms with Crippen LogP contribution in [0.2, 0.25) is 0 Å². The molecular formula is C28H38N4O6. The molecular weight excluding hydrogens is 488 g/mol. The SMILES string of the molecule is CC(C)NC(=O)Nc1cccc2c1O[C@H](CN(C)Cc1ccc(C(=O)O)cc1)[C@@H](C)CN([C@H](C)CO)C2=O. The van der Waals surface area contributed by atoms with Crippen LogP contribution in [-0.4, -0.2) is 82.9 Å². The molecule has 0 spiro atoms. The van der Waals surface area contributed by atoms with Crippen LogP contribution in [0.15, 0.2) is 42.5 Å². The maximum atomic E-state index is 13.6. The highest BCUT2D eigenvalue weighted by Gasteiger charge is 2.34. The predicted molar refractivity (Wildman–Crippen MR) is 145 cm³/mol. The summed E-state index contributed by atoms with van der Waals surface area (Å²) in [7, 11) is 1.94. The van der Waals surface area contributed by atoms with E-state index in [1.807, 2.05) is 27.8 Å². The van der Waals surface area contributed by atoms with Gasteiger partial charge in [0.15, 0.2) is 5.75 Å². The average Bonchev–Trinajstić information content (AvgIpc) is 2.85. The Morgan fingerprint density at radius 3 is 2.45 bits per heavy atom. The highest BCUT2D eigenvalue weighted by Crippen LogP contribution is 2.35. The molecule has 0 fully saturated rings. The van der Waals surface area contributed by atoms with E-state index in [1.54, 1.807) is 54.3 Å². The molecule has 10 nitrogen and oxygen atoms in total. The number of carbonyl (C=O) groups is 3. The molecule has 0 bridgehead atoms. The standard InChI is InChI=1S/C28H38N4O6/c1-17(2)29-28(37)30-23-8-6-7-22-25(23)38-24(18(3)13-32(26(22)34)19(4)16-33)15-31(5)14-20-9-11-21(12-10-20)27(35)36/h6-12,17-19,24,33H,13-16H2,1-5H3,(H,35,36)(H2,29,30,37)/t18-,19+,24+/m0/s1. The number of aromatic carboxylic acids is 1. The van der Waals surface area contributed by atoms with Crippen LogP contribution in [0, 0.1) is 5.92 Å². The van der Waals surface area contributed by atoms with Crippen LogP contribution >= 0.6 is 0 Å². The zero-order valence-corrected chi connectivity index (χ0v) is 22.6. The molecule has 2 aromatic carbocycles. The van der Waals surface area contributed by atoms with Crippen molar-refractivity contribution in [1.29, 1.82) is 0 Å². The van der Waals surface area contributed by atoms with Crippen molar-refractivity contribution in [3.63, 3.8) is 0 Å². The van der Waals surface area contributed by atoms with Gasteiger partial charge in [0.25, 0.3) is 5.91 Å². The van der Waals surface area contributed by atoms with Crippen molar-refractivity contribution in [3.8, 4) is 5.75 Å². The van der Waals surface area contributed by atoms with Crippen LogP contribution in [-0.2, 0) is 6.54 Å². The quantitative estimate of drug-likeness (QED) is 0.394. The van der Waals surface area contributed by atoms with Crippen molar-refractivity contribution >= 4 is 23.6 Å². The van der Waals surface area contributed by atoms with Crippen molar-refractivity contribution in [2.24, 2.45) is 5.92 Å². The minimum Gasteiger partial charge on any atom is -0.486 e. The Labute approximate surface area is 223 Å².